The zero-order chi connectivity index (χ0) is 17.1. The number of ketones is 1. The molecule has 0 fully saturated rings. The predicted molar refractivity (Wildman–Crippen MR) is 84.4 cm³/mol. The average molecular weight is 327 g/mol. The summed E-state index contributed by atoms with van der Waals surface area (Å²) in [6, 6.07) is 10.00. The van der Waals surface area contributed by atoms with Crippen LogP contribution in [0.5, 0.6) is 0 Å². The number of hydrogen-bond acceptors (Lipinski definition) is 4. The number of Topliss-reactive ketones (excluding diaryl/α,β-unsaturated/α-hetero) is 1. The van der Waals surface area contributed by atoms with E-state index in [4.69, 9.17) is 4.74 Å². The first-order chi connectivity index (χ1) is 11.5. The summed E-state index contributed by atoms with van der Waals surface area (Å²) in [5.74, 6) is -1.72. The molecule has 1 amide bonds. The summed E-state index contributed by atoms with van der Waals surface area (Å²) in [6.45, 7) is -0.430. The number of nitrogens with one attached hydrogen (secondary N) is 1. The molecule has 0 unspecified atom stereocenters. The maximum Gasteiger partial charge on any atom is 0.338 e. The van der Waals surface area contributed by atoms with Gasteiger partial charge in [-0.25, -0.2) is 9.18 Å². The highest BCUT2D eigenvalue weighted by Gasteiger charge is 2.18. The number of rotatable bonds is 4. The molecule has 2 aromatic carbocycles. The third-order valence-electron chi connectivity index (χ3n) is 3.72. The molecule has 0 saturated carbocycles. The molecule has 2 aromatic rings. The molecule has 24 heavy (non-hydrogen) atoms. The van der Waals surface area contributed by atoms with Crippen LogP contribution in [0.1, 0.15) is 32.7 Å². The van der Waals surface area contributed by atoms with Gasteiger partial charge in [0.1, 0.15) is 5.82 Å². The zero-order valence-corrected chi connectivity index (χ0v) is 12.7. The lowest BCUT2D eigenvalue weighted by atomic mass is 9.99. The number of esters is 1. The first kappa shape index (κ1) is 15.9. The first-order valence-electron chi connectivity index (χ1n) is 7.41. The van der Waals surface area contributed by atoms with E-state index in [0.29, 0.717) is 24.1 Å². The van der Waals surface area contributed by atoms with E-state index in [1.54, 1.807) is 18.2 Å². The number of halogens is 1. The van der Waals surface area contributed by atoms with Crippen LogP contribution < -0.4 is 5.32 Å². The minimum atomic E-state index is -0.756. The fourth-order valence-electron chi connectivity index (χ4n) is 2.47. The number of carbonyl (C=O) groups is 3. The normalized spacial score (nSPS) is 13.0. The molecule has 0 aromatic heterocycles. The minimum absolute atomic E-state index is 0.0504. The average Bonchev–Trinajstić information content (AvgIpc) is 2.58. The Morgan fingerprint density at radius 1 is 1.08 bits per heavy atom. The summed E-state index contributed by atoms with van der Waals surface area (Å²) in [5.41, 5.74) is 2.02. The SMILES string of the molecule is O=C1CCc2cc(C(=O)COC(=O)c3cccc(F)c3)ccc2N1. The number of ether oxygens (including phenoxy) is 1. The molecule has 6 heteroatoms. The second-order valence-corrected chi connectivity index (χ2v) is 5.43. The summed E-state index contributed by atoms with van der Waals surface area (Å²) in [5, 5.41) is 2.73. The molecule has 0 radical (unpaired) electrons. The maximum absolute atomic E-state index is 13.1. The molecule has 5 nitrogen and oxygen atoms in total. The molecule has 3 rings (SSSR count). The van der Waals surface area contributed by atoms with Crippen LogP contribution in [0.25, 0.3) is 0 Å². The zero-order valence-electron chi connectivity index (χ0n) is 12.7. The number of carbonyl (C=O) groups excluding carboxylic acids is 3. The van der Waals surface area contributed by atoms with Crippen molar-refractivity contribution in [2.75, 3.05) is 11.9 Å². The number of anilines is 1. The Kier molecular flexibility index (Phi) is 4.37. The van der Waals surface area contributed by atoms with Crippen molar-refractivity contribution >= 4 is 23.3 Å². The van der Waals surface area contributed by atoms with Gasteiger partial charge in [0.15, 0.2) is 12.4 Å². The Morgan fingerprint density at radius 3 is 2.71 bits per heavy atom. The van der Waals surface area contributed by atoms with Gasteiger partial charge in [0, 0.05) is 17.7 Å². The standard InChI is InChI=1S/C18H14FNO4/c19-14-3-1-2-13(9-14)18(23)24-10-16(21)12-4-6-15-11(8-12)5-7-17(22)20-15/h1-4,6,8-9H,5,7,10H2,(H,20,22). The largest absolute Gasteiger partial charge is 0.454 e. The lowest BCUT2D eigenvalue weighted by Gasteiger charge is -2.17. The van der Waals surface area contributed by atoms with Crippen LogP contribution in [-0.2, 0) is 16.0 Å². The van der Waals surface area contributed by atoms with E-state index in [1.807, 2.05) is 0 Å². The lowest BCUT2D eigenvalue weighted by Crippen LogP contribution is -2.20. The second kappa shape index (κ2) is 6.62. The van der Waals surface area contributed by atoms with E-state index < -0.39 is 18.4 Å². The van der Waals surface area contributed by atoms with Gasteiger partial charge < -0.3 is 10.1 Å². The summed E-state index contributed by atoms with van der Waals surface area (Å²) in [4.78, 5) is 35.3. The number of hydrogen-bond donors (Lipinski definition) is 1. The Balaban J connectivity index is 1.65. The van der Waals surface area contributed by atoms with E-state index in [1.165, 1.54) is 18.2 Å². The summed E-state index contributed by atoms with van der Waals surface area (Å²) >= 11 is 0. The molecule has 0 bridgehead atoms. The molecular weight excluding hydrogens is 313 g/mol. The third kappa shape index (κ3) is 3.48. The Bertz CT molecular complexity index is 832. The molecule has 1 aliphatic heterocycles. The van der Waals surface area contributed by atoms with Gasteiger partial charge in [-0.3, -0.25) is 9.59 Å². The smallest absolute Gasteiger partial charge is 0.338 e. The third-order valence-corrected chi connectivity index (χ3v) is 3.72. The van der Waals surface area contributed by atoms with Gasteiger partial charge in [0.05, 0.1) is 5.56 Å². The van der Waals surface area contributed by atoms with E-state index >= 15 is 0 Å². The van der Waals surface area contributed by atoms with Crippen molar-refractivity contribution in [3.8, 4) is 0 Å². The van der Waals surface area contributed by atoms with E-state index in [2.05, 4.69) is 5.32 Å². The summed E-state index contributed by atoms with van der Waals surface area (Å²) in [7, 11) is 0. The van der Waals surface area contributed by atoms with Crippen molar-refractivity contribution in [1.29, 1.82) is 0 Å². The van der Waals surface area contributed by atoms with Gasteiger partial charge in [0.25, 0.3) is 0 Å². The first-order valence-corrected chi connectivity index (χ1v) is 7.41. The number of amides is 1. The van der Waals surface area contributed by atoms with Gasteiger partial charge in [-0.1, -0.05) is 6.07 Å². The molecule has 1 heterocycles. The van der Waals surface area contributed by atoms with Crippen LogP contribution in [0.15, 0.2) is 42.5 Å². The molecule has 0 saturated heterocycles. The van der Waals surface area contributed by atoms with Crippen LogP contribution in [0, 0.1) is 5.82 Å². The summed E-state index contributed by atoms with van der Waals surface area (Å²) < 4.78 is 18.0. The Labute approximate surface area is 137 Å². The number of aryl methyl sites for hydroxylation is 1. The molecule has 0 spiro atoms. The highest BCUT2D eigenvalue weighted by Crippen LogP contribution is 2.23. The molecule has 0 aliphatic carbocycles. The topological polar surface area (TPSA) is 72.5 Å². The fraction of sp³-hybridized carbons (Fsp3) is 0.167. The number of fused-ring (bicyclic) bond motifs is 1. The van der Waals surface area contributed by atoms with E-state index in [0.717, 1.165) is 11.6 Å². The van der Waals surface area contributed by atoms with Crippen molar-refractivity contribution in [2.24, 2.45) is 0 Å². The van der Waals surface area contributed by atoms with Crippen molar-refractivity contribution in [3.05, 3.63) is 65.0 Å². The minimum Gasteiger partial charge on any atom is -0.454 e. The molecular formula is C18H14FNO4. The monoisotopic (exact) mass is 327 g/mol. The van der Waals surface area contributed by atoms with Gasteiger partial charge in [-0.2, -0.15) is 0 Å². The van der Waals surface area contributed by atoms with Crippen LogP contribution in [0.3, 0.4) is 0 Å². The van der Waals surface area contributed by atoms with Crippen molar-refractivity contribution < 1.29 is 23.5 Å². The highest BCUT2D eigenvalue weighted by atomic mass is 19.1. The van der Waals surface area contributed by atoms with Crippen LogP contribution in [-0.4, -0.2) is 24.3 Å². The lowest BCUT2D eigenvalue weighted by molar-refractivity contribution is -0.116. The van der Waals surface area contributed by atoms with Crippen molar-refractivity contribution in [2.45, 2.75) is 12.8 Å². The van der Waals surface area contributed by atoms with Gasteiger partial charge in [-0.15, -0.1) is 0 Å². The quantitative estimate of drug-likeness (QED) is 0.692. The van der Waals surface area contributed by atoms with Gasteiger partial charge in [-0.05, 0) is 48.4 Å². The van der Waals surface area contributed by atoms with Crippen LogP contribution in [0.2, 0.25) is 0 Å². The fourth-order valence-corrected chi connectivity index (χ4v) is 2.47. The summed E-state index contributed by atoms with van der Waals surface area (Å²) in [6.07, 6.45) is 0.935. The molecule has 1 N–H and O–H groups in total. The van der Waals surface area contributed by atoms with E-state index in [-0.39, 0.29) is 17.3 Å². The predicted octanol–water partition coefficient (Wildman–Crippen LogP) is 2.75. The van der Waals surface area contributed by atoms with Crippen molar-refractivity contribution in [1.82, 2.24) is 0 Å². The van der Waals surface area contributed by atoms with E-state index in [9.17, 15) is 18.8 Å². The maximum atomic E-state index is 13.1. The second-order valence-electron chi connectivity index (χ2n) is 5.43. The Morgan fingerprint density at radius 2 is 1.92 bits per heavy atom. The van der Waals surface area contributed by atoms with Crippen molar-refractivity contribution in [3.63, 3.8) is 0 Å². The Hall–Kier alpha value is -3.02. The highest BCUT2D eigenvalue weighted by molar-refractivity contribution is 6.01. The molecule has 122 valence electrons. The van der Waals surface area contributed by atoms with Gasteiger partial charge in [0.2, 0.25) is 5.91 Å². The van der Waals surface area contributed by atoms with Crippen LogP contribution >= 0.6 is 0 Å². The van der Waals surface area contributed by atoms with Crippen LogP contribution in [0.4, 0.5) is 10.1 Å². The number of benzene rings is 2. The van der Waals surface area contributed by atoms with Gasteiger partial charge >= 0.3 is 5.97 Å². The molecule has 0 atom stereocenters. The molecule has 1 aliphatic rings.